The Bertz CT molecular complexity index is 1230. The van der Waals surface area contributed by atoms with Crippen LogP contribution in [0, 0.1) is 13.8 Å². The van der Waals surface area contributed by atoms with Gasteiger partial charge >= 0.3 is 5.76 Å². The third-order valence-corrected chi connectivity index (χ3v) is 4.08. The summed E-state index contributed by atoms with van der Waals surface area (Å²) in [5.41, 5.74) is 3.77. The molecule has 130 valence electrons. The SMILES string of the molecule is Cc1ccc2oc(=O)n(Cc3cccc(-n4nc(C)ccc4=O)c3)c2n1. The Hall–Kier alpha value is -3.48. The molecule has 0 amide bonds. The molecule has 0 aliphatic rings. The van der Waals surface area contributed by atoms with Crippen LogP contribution in [0.25, 0.3) is 16.9 Å². The van der Waals surface area contributed by atoms with Gasteiger partial charge in [-0.15, -0.1) is 0 Å². The van der Waals surface area contributed by atoms with Gasteiger partial charge in [0.1, 0.15) is 0 Å². The van der Waals surface area contributed by atoms with Crippen LogP contribution in [0.4, 0.5) is 0 Å². The lowest BCUT2D eigenvalue weighted by atomic mass is 10.2. The number of aromatic nitrogens is 4. The second kappa shape index (κ2) is 6.11. The average Bonchev–Trinajstić information content (AvgIpc) is 2.92. The van der Waals surface area contributed by atoms with Gasteiger partial charge in [0.2, 0.25) is 0 Å². The van der Waals surface area contributed by atoms with E-state index in [1.54, 1.807) is 24.3 Å². The molecular formula is C19H16N4O3. The van der Waals surface area contributed by atoms with E-state index >= 15 is 0 Å². The lowest BCUT2D eigenvalue weighted by molar-refractivity contribution is 0.517. The van der Waals surface area contributed by atoms with E-state index in [2.05, 4.69) is 10.1 Å². The number of rotatable bonds is 3. The van der Waals surface area contributed by atoms with Crippen LogP contribution in [0.1, 0.15) is 17.0 Å². The van der Waals surface area contributed by atoms with Crippen LogP contribution in [-0.4, -0.2) is 19.3 Å². The highest BCUT2D eigenvalue weighted by molar-refractivity contribution is 5.68. The van der Waals surface area contributed by atoms with Crippen molar-refractivity contribution < 1.29 is 4.42 Å². The van der Waals surface area contributed by atoms with Crippen molar-refractivity contribution in [2.24, 2.45) is 0 Å². The van der Waals surface area contributed by atoms with Crippen LogP contribution in [0.5, 0.6) is 0 Å². The molecule has 7 heteroatoms. The fraction of sp³-hybridized carbons (Fsp3) is 0.158. The minimum atomic E-state index is -0.464. The van der Waals surface area contributed by atoms with Crippen LogP contribution >= 0.6 is 0 Å². The number of hydrogen-bond acceptors (Lipinski definition) is 5. The van der Waals surface area contributed by atoms with Gasteiger partial charge in [-0.3, -0.25) is 9.36 Å². The van der Waals surface area contributed by atoms with Crippen molar-refractivity contribution in [1.29, 1.82) is 0 Å². The zero-order valence-electron chi connectivity index (χ0n) is 14.3. The summed E-state index contributed by atoms with van der Waals surface area (Å²) in [6.45, 7) is 3.97. The van der Waals surface area contributed by atoms with Crippen LogP contribution in [0.15, 0.2) is 62.5 Å². The summed E-state index contributed by atoms with van der Waals surface area (Å²) in [6, 6.07) is 14.0. The summed E-state index contributed by atoms with van der Waals surface area (Å²) < 4.78 is 8.08. The molecule has 0 atom stereocenters. The molecular weight excluding hydrogens is 332 g/mol. The zero-order valence-corrected chi connectivity index (χ0v) is 14.3. The van der Waals surface area contributed by atoms with E-state index in [1.807, 2.05) is 32.0 Å². The number of aryl methyl sites for hydroxylation is 2. The van der Waals surface area contributed by atoms with E-state index < -0.39 is 5.76 Å². The Labute approximate surface area is 148 Å². The Kier molecular flexibility index (Phi) is 3.76. The molecule has 7 nitrogen and oxygen atoms in total. The lowest BCUT2D eigenvalue weighted by Gasteiger charge is -2.08. The van der Waals surface area contributed by atoms with Gasteiger partial charge in [0.25, 0.3) is 5.56 Å². The van der Waals surface area contributed by atoms with E-state index in [4.69, 9.17) is 4.42 Å². The number of fused-ring (bicyclic) bond motifs is 1. The summed E-state index contributed by atoms with van der Waals surface area (Å²) in [5.74, 6) is -0.464. The van der Waals surface area contributed by atoms with Crippen molar-refractivity contribution in [2.75, 3.05) is 0 Å². The second-order valence-corrected chi connectivity index (χ2v) is 6.12. The molecule has 26 heavy (non-hydrogen) atoms. The molecule has 0 unspecified atom stereocenters. The molecule has 3 heterocycles. The number of pyridine rings is 1. The summed E-state index contributed by atoms with van der Waals surface area (Å²) in [7, 11) is 0. The van der Waals surface area contributed by atoms with Gasteiger partial charge in [-0.05, 0) is 49.7 Å². The smallest absolute Gasteiger partial charge is 0.406 e. The molecule has 3 aromatic heterocycles. The number of nitrogens with zero attached hydrogens (tertiary/aromatic N) is 4. The molecule has 0 aliphatic heterocycles. The van der Waals surface area contributed by atoms with Crippen molar-refractivity contribution in [2.45, 2.75) is 20.4 Å². The second-order valence-electron chi connectivity index (χ2n) is 6.12. The summed E-state index contributed by atoms with van der Waals surface area (Å²) in [4.78, 5) is 28.7. The van der Waals surface area contributed by atoms with E-state index in [-0.39, 0.29) is 12.1 Å². The third-order valence-electron chi connectivity index (χ3n) is 4.08. The van der Waals surface area contributed by atoms with Crippen molar-refractivity contribution in [3.05, 3.63) is 86.4 Å². The molecule has 0 saturated heterocycles. The van der Waals surface area contributed by atoms with Gasteiger partial charge in [0.05, 0.1) is 17.9 Å². The first-order valence-corrected chi connectivity index (χ1v) is 8.14. The molecule has 0 aliphatic carbocycles. The first-order valence-electron chi connectivity index (χ1n) is 8.14. The van der Waals surface area contributed by atoms with Gasteiger partial charge < -0.3 is 4.42 Å². The fourth-order valence-electron chi connectivity index (χ4n) is 2.84. The van der Waals surface area contributed by atoms with E-state index in [9.17, 15) is 9.59 Å². The van der Waals surface area contributed by atoms with Crippen LogP contribution < -0.4 is 11.3 Å². The number of oxazole rings is 1. The largest absolute Gasteiger partial charge is 0.421 e. The molecule has 0 N–H and O–H groups in total. The van der Waals surface area contributed by atoms with Crippen molar-refractivity contribution in [3.63, 3.8) is 0 Å². The van der Waals surface area contributed by atoms with Crippen molar-refractivity contribution in [3.8, 4) is 5.69 Å². The standard InChI is InChI=1S/C19H16N4O3/c1-12-6-8-16-18(20-12)22(19(25)26-16)11-14-4-3-5-15(10-14)23-17(24)9-7-13(2)21-23/h3-10H,11H2,1-2H3. The Morgan fingerprint density at radius 2 is 1.81 bits per heavy atom. The van der Waals surface area contributed by atoms with E-state index in [1.165, 1.54) is 15.3 Å². The monoisotopic (exact) mass is 348 g/mol. The highest BCUT2D eigenvalue weighted by Gasteiger charge is 2.12. The molecule has 0 saturated carbocycles. The summed E-state index contributed by atoms with van der Waals surface area (Å²) >= 11 is 0. The van der Waals surface area contributed by atoms with Gasteiger partial charge in [0, 0.05) is 11.8 Å². The first kappa shape index (κ1) is 16.0. The van der Waals surface area contributed by atoms with E-state index in [0.29, 0.717) is 16.9 Å². The number of benzene rings is 1. The highest BCUT2D eigenvalue weighted by Crippen LogP contribution is 2.14. The summed E-state index contributed by atoms with van der Waals surface area (Å²) in [5, 5.41) is 4.26. The Balaban J connectivity index is 1.78. The first-order chi connectivity index (χ1) is 12.5. The summed E-state index contributed by atoms with van der Waals surface area (Å²) in [6.07, 6.45) is 0. The number of hydrogen-bond donors (Lipinski definition) is 0. The maximum atomic E-state index is 12.2. The molecule has 0 bridgehead atoms. The Morgan fingerprint density at radius 3 is 2.65 bits per heavy atom. The van der Waals surface area contributed by atoms with Gasteiger partial charge in [0.15, 0.2) is 11.2 Å². The molecule has 0 radical (unpaired) electrons. The van der Waals surface area contributed by atoms with E-state index in [0.717, 1.165) is 17.0 Å². The average molecular weight is 348 g/mol. The maximum Gasteiger partial charge on any atom is 0.421 e. The predicted octanol–water partition coefficient (Wildman–Crippen LogP) is 2.20. The molecule has 4 aromatic rings. The Morgan fingerprint density at radius 1 is 1.00 bits per heavy atom. The third kappa shape index (κ3) is 2.83. The van der Waals surface area contributed by atoms with Gasteiger partial charge in [-0.2, -0.15) is 9.78 Å². The van der Waals surface area contributed by atoms with Crippen molar-refractivity contribution >= 4 is 11.2 Å². The minimum absolute atomic E-state index is 0.212. The predicted molar refractivity (Wildman–Crippen MR) is 96.7 cm³/mol. The zero-order chi connectivity index (χ0) is 18.3. The quantitative estimate of drug-likeness (QED) is 0.567. The normalized spacial score (nSPS) is 11.2. The maximum absolute atomic E-state index is 12.2. The minimum Gasteiger partial charge on any atom is -0.406 e. The lowest BCUT2D eigenvalue weighted by Crippen LogP contribution is -2.21. The molecule has 4 rings (SSSR count). The topological polar surface area (TPSA) is 82.9 Å². The van der Waals surface area contributed by atoms with Crippen LogP contribution in [0.3, 0.4) is 0 Å². The highest BCUT2D eigenvalue weighted by atomic mass is 16.4. The van der Waals surface area contributed by atoms with Crippen molar-refractivity contribution in [1.82, 2.24) is 19.3 Å². The molecule has 1 aromatic carbocycles. The van der Waals surface area contributed by atoms with Gasteiger partial charge in [-0.1, -0.05) is 12.1 Å². The molecule has 0 fully saturated rings. The van der Waals surface area contributed by atoms with Gasteiger partial charge in [-0.25, -0.2) is 9.78 Å². The van der Waals surface area contributed by atoms with Crippen LogP contribution in [0.2, 0.25) is 0 Å². The fourth-order valence-corrected chi connectivity index (χ4v) is 2.84. The molecule has 0 spiro atoms. The van der Waals surface area contributed by atoms with Crippen LogP contribution in [-0.2, 0) is 6.54 Å².